The fraction of sp³-hybridized carbons (Fsp3) is 0.350. The molecule has 3 nitrogen and oxygen atoms in total. The Morgan fingerprint density at radius 2 is 1.85 bits per heavy atom. The van der Waals surface area contributed by atoms with Gasteiger partial charge < -0.3 is 0 Å². The number of benzene rings is 2. The molecule has 2 aromatic carbocycles. The van der Waals surface area contributed by atoms with Crippen molar-refractivity contribution in [1.29, 1.82) is 0 Å². The van der Waals surface area contributed by atoms with Gasteiger partial charge in [-0.05, 0) is 0 Å². The van der Waals surface area contributed by atoms with Gasteiger partial charge in [-0.15, -0.1) is 0 Å². The van der Waals surface area contributed by atoms with E-state index in [4.69, 9.17) is 16.3 Å². The Morgan fingerprint density at radius 3 is 2.46 bits per heavy atom. The van der Waals surface area contributed by atoms with Crippen molar-refractivity contribution in [3.63, 3.8) is 0 Å². The molecule has 0 radical (unpaired) electrons. The van der Waals surface area contributed by atoms with Crippen LogP contribution in [0.1, 0.15) is 12.0 Å². The van der Waals surface area contributed by atoms with E-state index in [2.05, 4.69) is 0 Å². The Balaban J connectivity index is 1.85. The van der Waals surface area contributed by atoms with Crippen molar-refractivity contribution in [1.82, 2.24) is 4.90 Å². The molecule has 1 aliphatic rings. The Labute approximate surface area is 164 Å². The summed E-state index contributed by atoms with van der Waals surface area (Å²) in [5, 5.41) is 1.37. The molecular formula is C20H21ClFNO2Se. The second-order valence-electron chi connectivity index (χ2n) is 6.83. The molecule has 0 amide bonds. The van der Waals surface area contributed by atoms with Gasteiger partial charge in [-0.1, -0.05) is 0 Å². The Bertz CT molecular complexity index is 766. The van der Waals surface area contributed by atoms with Crippen LogP contribution in [0.3, 0.4) is 0 Å². The molecule has 0 aromatic heterocycles. The topological polar surface area (TPSA) is 29.5 Å². The van der Waals surface area contributed by atoms with Crippen LogP contribution in [0.25, 0.3) is 0 Å². The van der Waals surface area contributed by atoms with Crippen LogP contribution in [0.2, 0.25) is 10.3 Å². The third kappa shape index (κ3) is 4.47. The first-order valence-corrected chi connectivity index (χ1v) is 10.8. The fourth-order valence-electron chi connectivity index (χ4n) is 3.21. The van der Waals surface area contributed by atoms with E-state index in [-0.39, 0.29) is 32.7 Å². The zero-order chi connectivity index (χ0) is 18.7. The molecule has 2 aromatic rings. The molecule has 2 unspecified atom stereocenters. The number of ether oxygens (including phenoxy) is 1. The summed E-state index contributed by atoms with van der Waals surface area (Å²) in [6, 6.07) is 14.1. The van der Waals surface area contributed by atoms with E-state index in [1.165, 1.54) is 12.1 Å². The third-order valence-corrected chi connectivity index (χ3v) is 7.25. The van der Waals surface area contributed by atoms with E-state index in [0.29, 0.717) is 23.3 Å². The Kier molecular flexibility index (Phi) is 6.03. The maximum atomic E-state index is 13.2. The van der Waals surface area contributed by atoms with E-state index in [9.17, 15) is 9.18 Å². The van der Waals surface area contributed by atoms with E-state index in [0.717, 1.165) is 10.0 Å². The Morgan fingerprint density at radius 1 is 1.19 bits per heavy atom. The molecule has 0 spiro atoms. The zero-order valence-electron chi connectivity index (χ0n) is 14.7. The van der Waals surface area contributed by atoms with Crippen LogP contribution in [0.15, 0.2) is 48.5 Å². The van der Waals surface area contributed by atoms with Gasteiger partial charge in [-0.2, -0.15) is 0 Å². The second kappa shape index (κ2) is 8.10. The molecule has 26 heavy (non-hydrogen) atoms. The summed E-state index contributed by atoms with van der Waals surface area (Å²) in [7, 11) is 3.91. The van der Waals surface area contributed by atoms with Gasteiger partial charge in [0.05, 0.1) is 0 Å². The van der Waals surface area contributed by atoms with Crippen molar-refractivity contribution >= 4 is 37.0 Å². The maximum absolute atomic E-state index is 13.2. The molecule has 0 saturated carbocycles. The number of cyclic esters (lactones) is 1. The summed E-state index contributed by atoms with van der Waals surface area (Å²) in [6.45, 7) is 0.664. The van der Waals surface area contributed by atoms with Crippen molar-refractivity contribution in [2.24, 2.45) is 5.92 Å². The van der Waals surface area contributed by atoms with Crippen LogP contribution >= 0.6 is 11.6 Å². The van der Waals surface area contributed by atoms with E-state index in [1.807, 2.05) is 43.3 Å². The molecule has 1 saturated heterocycles. The van der Waals surface area contributed by atoms with Crippen molar-refractivity contribution in [2.45, 2.75) is 17.3 Å². The quantitative estimate of drug-likeness (QED) is 0.510. The van der Waals surface area contributed by atoms with E-state index < -0.39 is 5.60 Å². The number of hydrogen-bond acceptors (Lipinski definition) is 3. The molecule has 3 rings (SSSR count). The number of halogens is 2. The number of hydrogen-bond donors (Lipinski definition) is 0. The first kappa shape index (κ1) is 19.4. The van der Waals surface area contributed by atoms with Crippen molar-refractivity contribution in [3.05, 3.63) is 64.9 Å². The molecular weight excluding hydrogens is 420 g/mol. The van der Waals surface area contributed by atoms with Crippen LogP contribution < -0.4 is 4.46 Å². The summed E-state index contributed by atoms with van der Waals surface area (Å²) >= 11 is 6.09. The molecule has 138 valence electrons. The predicted octanol–water partition coefficient (Wildman–Crippen LogP) is 3.25. The average molecular weight is 441 g/mol. The Hall–Kier alpha value is -1.39. The van der Waals surface area contributed by atoms with Gasteiger partial charge in [0.15, 0.2) is 0 Å². The third-order valence-electron chi connectivity index (χ3n) is 4.45. The van der Waals surface area contributed by atoms with Gasteiger partial charge in [-0.3, -0.25) is 0 Å². The zero-order valence-corrected chi connectivity index (χ0v) is 17.2. The van der Waals surface area contributed by atoms with Crippen LogP contribution in [-0.2, 0) is 15.1 Å². The van der Waals surface area contributed by atoms with Crippen molar-refractivity contribution in [2.75, 3.05) is 20.6 Å². The fourth-order valence-corrected chi connectivity index (χ4v) is 5.59. The molecule has 0 bridgehead atoms. The van der Waals surface area contributed by atoms with Gasteiger partial charge in [0.1, 0.15) is 0 Å². The first-order chi connectivity index (χ1) is 12.4. The monoisotopic (exact) mass is 441 g/mol. The summed E-state index contributed by atoms with van der Waals surface area (Å²) in [4.78, 5) is 14.5. The summed E-state index contributed by atoms with van der Waals surface area (Å²) in [5.74, 6) is -0.538. The molecule has 0 N–H and O–H groups in total. The van der Waals surface area contributed by atoms with Gasteiger partial charge in [-0.25, -0.2) is 0 Å². The summed E-state index contributed by atoms with van der Waals surface area (Å²) in [6.07, 6.45) is 0.647. The van der Waals surface area contributed by atoms with E-state index >= 15 is 0 Å². The summed E-state index contributed by atoms with van der Waals surface area (Å²) < 4.78 is 20.2. The van der Waals surface area contributed by atoms with Crippen LogP contribution in [0, 0.1) is 11.7 Å². The summed E-state index contributed by atoms with van der Waals surface area (Å²) in [5.41, 5.74) is 0.331. The molecule has 2 atom stereocenters. The van der Waals surface area contributed by atoms with Crippen molar-refractivity contribution in [3.8, 4) is 0 Å². The molecule has 1 heterocycles. The standard InChI is InChI=1S/C20H21ClFNO2Se/c1-23(2)12-14-11-20(25-19(14)24,15-3-5-16(21)6-4-15)13-26-18-9-7-17(22)8-10-18/h3-10,14H,11-13H2,1-2H3. The molecule has 0 aliphatic carbocycles. The molecule has 1 fully saturated rings. The van der Waals surface area contributed by atoms with Crippen LogP contribution in [0.5, 0.6) is 0 Å². The number of carbonyl (C=O) groups is 1. The molecule has 6 heteroatoms. The minimum atomic E-state index is -0.642. The van der Waals surface area contributed by atoms with Crippen molar-refractivity contribution < 1.29 is 13.9 Å². The molecule has 1 aliphatic heterocycles. The predicted molar refractivity (Wildman–Crippen MR) is 102 cm³/mol. The number of esters is 1. The van der Waals surface area contributed by atoms with Crippen LogP contribution in [0.4, 0.5) is 4.39 Å². The van der Waals surface area contributed by atoms with Gasteiger partial charge in [0, 0.05) is 0 Å². The number of rotatable bonds is 6. The second-order valence-corrected chi connectivity index (χ2v) is 9.46. The van der Waals surface area contributed by atoms with Gasteiger partial charge >= 0.3 is 165 Å². The van der Waals surface area contributed by atoms with Crippen LogP contribution in [-0.4, -0.2) is 46.5 Å². The average Bonchev–Trinajstić information content (AvgIpc) is 2.91. The van der Waals surface area contributed by atoms with Gasteiger partial charge in [0.25, 0.3) is 0 Å². The normalized spacial score (nSPS) is 22.7. The minimum absolute atomic E-state index is 0.0562. The number of nitrogens with zero attached hydrogens (tertiary/aromatic N) is 1. The van der Waals surface area contributed by atoms with Gasteiger partial charge in [0.2, 0.25) is 0 Å². The number of carbonyl (C=O) groups excluding carboxylic acids is 1. The van der Waals surface area contributed by atoms with E-state index in [1.54, 1.807) is 12.1 Å². The first-order valence-electron chi connectivity index (χ1n) is 8.40. The SMILES string of the molecule is CN(C)CC1CC(C[Se]c2ccc(F)cc2)(c2ccc(Cl)cc2)OC1=O.